The molecule has 2 aromatic heterocycles. The molecule has 0 spiro atoms. The van der Waals surface area contributed by atoms with E-state index in [4.69, 9.17) is 8.83 Å². The van der Waals surface area contributed by atoms with Crippen molar-refractivity contribution in [3.05, 3.63) is 266 Å². The number of hydrogen-bond donors (Lipinski definition) is 0. The van der Waals surface area contributed by atoms with Gasteiger partial charge in [-0.3, -0.25) is 0 Å². The van der Waals surface area contributed by atoms with Crippen LogP contribution in [0, 0.1) is 6.92 Å². The number of rotatable bonds is 8. The van der Waals surface area contributed by atoms with Crippen LogP contribution in [0.25, 0.3) is 120 Å². The molecule has 16 aromatic rings. The zero-order valence-corrected chi connectivity index (χ0v) is 43.6. The molecule has 0 saturated carbocycles. The first-order chi connectivity index (χ1) is 39.7. The van der Waals surface area contributed by atoms with Crippen LogP contribution in [0.1, 0.15) is 11.1 Å². The summed E-state index contributed by atoms with van der Waals surface area (Å²) < 4.78 is 57.6. The maximum absolute atomic E-state index is 14.4. The van der Waals surface area contributed by atoms with Crippen LogP contribution in [0.2, 0.25) is 0 Å². The number of hydrogen-bond acceptors (Lipinski definition) is 4. The summed E-state index contributed by atoms with van der Waals surface area (Å²) in [6.45, 7) is 2.10. The van der Waals surface area contributed by atoms with E-state index in [-0.39, 0.29) is 0 Å². The Bertz CT molecular complexity index is 5160. The van der Waals surface area contributed by atoms with Crippen molar-refractivity contribution in [2.45, 2.75) is 13.1 Å². The highest BCUT2D eigenvalue weighted by Crippen LogP contribution is 2.53. The Kier molecular flexibility index (Phi) is 10.3. The number of halogens is 3. The fourth-order valence-electron chi connectivity index (χ4n) is 12.8. The Balaban J connectivity index is 0.948. The van der Waals surface area contributed by atoms with E-state index in [2.05, 4.69) is 199 Å². The topological polar surface area (TPSA) is 32.8 Å². The lowest BCUT2D eigenvalue weighted by Gasteiger charge is -2.29. The van der Waals surface area contributed by atoms with Crippen molar-refractivity contribution in [3.8, 4) is 22.3 Å². The second kappa shape index (κ2) is 17.8. The standard InChI is InChI=1S/C74H45F3N2O2/c1-44-26-34-52(35-27-44)78(64-24-12-22-58-68-54-20-10-8-18-49(54)42-60(72(68)80-70(58)64)45-14-4-2-5-15-45)62-40-30-47-29-39-57-63(41-31-48-28-38-56(62)66(47)67(48)57)79(53-36-32-51(33-37-53)74(75,76)77)65-25-13-23-59-69-55-21-11-9-19-50(55)43-61(73(69)81-71(59)65)46-16-6-3-7-17-46/h2-43H,1H3. The van der Waals surface area contributed by atoms with E-state index in [9.17, 15) is 13.2 Å². The molecule has 0 bridgehead atoms. The fourth-order valence-corrected chi connectivity index (χ4v) is 12.8. The molecular formula is C74H45F3N2O2. The summed E-state index contributed by atoms with van der Waals surface area (Å²) in [6.07, 6.45) is -4.52. The summed E-state index contributed by atoms with van der Waals surface area (Å²) in [6, 6.07) is 85.9. The Morgan fingerprint density at radius 1 is 0.309 bits per heavy atom. The lowest BCUT2D eigenvalue weighted by molar-refractivity contribution is -0.137. The Morgan fingerprint density at radius 2 is 0.716 bits per heavy atom. The van der Waals surface area contributed by atoms with E-state index in [1.54, 1.807) is 12.1 Å². The highest BCUT2D eigenvalue weighted by Gasteiger charge is 2.32. The molecule has 14 aromatic carbocycles. The van der Waals surface area contributed by atoms with Gasteiger partial charge in [-0.15, -0.1) is 0 Å². The third-order valence-electron chi connectivity index (χ3n) is 16.4. The molecule has 0 radical (unpaired) electrons. The summed E-state index contributed by atoms with van der Waals surface area (Å²) in [5.74, 6) is 0. The molecule has 16 rings (SSSR count). The number of alkyl halides is 3. The second-order valence-corrected chi connectivity index (χ2v) is 21.1. The Morgan fingerprint density at radius 3 is 1.17 bits per heavy atom. The van der Waals surface area contributed by atoms with Crippen LogP contribution in [0.5, 0.6) is 0 Å². The van der Waals surface area contributed by atoms with Gasteiger partial charge in [0, 0.05) is 54.8 Å². The summed E-state index contributed by atoms with van der Waals surface area (Å²) in [4.78, 5) is 4.39. The monoisotopic (exact) mass is 1050 g/mol. The van der Waals surface area contributed by atoms with Gasteiger partial charge in [-0.25, -0.2) is 0 Å². The minimum atomic E-state index is -4.52. The summed E-state index contributed by atoms with van der Waals surface area (Å²) in [5, 5.41) is 14.4. The fraction of sp³-hybridized carbons (Fsp3) is 0.0270. The molecule has 0 atom stereocenters. The van der Waals surface area contributed by atoms with Crippen LogP contribution in [0.4, 0.5) is 47.3 Å². The largest absolute Gasteiger partial charge is 0.453 e. The lowest BCUT2D eigenvalue weighted by Crippen LogP contribution is -2.12. The van der Waals surface area contributed by atoms with Gasteiger partial charge >= 0.3 is 6.18 Å². The van der Waals surface area contributed by atoms with E-state index in [0.717, 1.165) is 155 Å². The minimum absolute atomic E-state index is 0.549. The molecule has 0 N–H and O–H groups in total. The number of para-hydroxylation sites is 2. The number of aryl methyl sites for hydroxylation is 1. The predicted molar refractivity (Wildman–Crippen MR) is 330 cm³/mol. The van der Waals surface area contributed by atoms with E-state index >= 15 is 0 Å². The van der Waals surface area contributed by atoms with E-state index in [1.165, 1.54) is 0 Å². The molecular weight excluding hydrogens is 1010 g/mol. The number of furan rings is 2. The van der Waals surface area contributed by atoms with Gasteiger partial charge in [0.05, 0.1) is 28.3 Å². The third kappa shape index (κ3) is 7.25. The first kappa shape index (κ1) is 46.7. The SMILES string of the molecule is Cc1ccc(N(c2ccc3ccc4c(N(c5ccc(C(F)(F)F)cc5)c5cccc6c5oc5c(-c7ccccc7)cc7ccccc7c56)ccc5ccc2c3c54)c2cccc3c2oc2c(-c4ccccc4)cc4ccccc4c23)cc1. The molecule has 2 heterocycles. The number of anilines is 6. The molecule has 7 heteroatoms. The molecule has 384 valence electrons. The van der Waals surface area contributed by atoms with Gasteiger partial charge in [-0.05, 0) is 134 Å². The Labute approximate surface area is 462 Å². The molecule has 0 aliphatic rings. The lowest BCUT2D eigenvalue weighted by atomic mass is 9.91. The smallest absolute Gasteiger partial charge is 0.416 e. The summed E-state index contributed by atoms with van der Waals surface area (Å²) in [5.41, 5.74) is 12.3. The van der Waals surface area contributed by atoms with Crippen LogP contribution in [0.3, 0.4) is 0 Å². The number of benzene rings is 14. The van der Waals surface area contributed by atoms with Gasteiger partial charge in [-0.2, -0.15) is 13.2 Å². The molecule has 0 saturated heterocycles. The van der Waals surface area contributed by atoms with Crippen molar-refractivity contribution in [2.75, 3.05) is 9.80 Å². The zero-order valence-electron chi connectivity index (χ0n) is 43.6. The van der Waals surface area contributed by atoms with Gasteiger partial charge in [0.25, 0.3) is 0 Å². The average molecular weight is 1050 g/mol. The van der Waals surface area contributed by atoms with Gasteiger partial charge < -0.3 is 18.6 Å². The maximum atomic E-state index is 14.4. The third-order valence-corrected chi connectivity index (χ3v) is 16.4. The van der Waals surface area contributed by atoms with Gasteiger partial charge in [0.1, 0.15) is 11.2 Å². The van der Waals surface area contributed by atoms with Gasteiger partial charge in [0.15, 0.2) is 11.2 Å². The number of fused-ring (bicyclic) bond motifs is 10. The van der Waals surface area contributed by atoms with Crippen molar-refractivity contribution >= 4 is 132 Å². The molecule has 0 amide bonds. The first-order valence-corrected chi connectivity index (χ1v) is 27.1. The zero-order chi connectivity index (χ0) is 54.1. The van der Waals surface area contributed by atoms with Crippen LogP contribution in [-0.2, 0) is 6.18 Å². The molecule has 0 unspecified atom stereocenters. The Hall–Kier alpha value is -10.4. The molecule has 0 fully saturated rings. The van der Waals surface area contributed by atoms with E-state index in [0.29, 0.717) is 17.0 Å². The first-order valence-electron chi connectivity index (χ1n) is 27.1. The average Bonchev–Trinajstić information content (AvgIpc) is 4.03. The summed E-state index contributed by atoms with van der Waals surface area (Å²) in [7, 11) is 0. The van der Waals surface area contributed by atoms with Crippen LogP contribution in [-0.4, -0.2) is 0 Å². The predicted octanol–water partition coefficient (Wildman–Crippen LogP) is 22.3. The van der Waals surface area contributed by atoms with Crippen molar-refractivity contribution in [1.29, 1.82) is 0 Å². The number of nitrogens with zero attached hydrogens (tertiary/aromatic N) is 2. The van der Waals surface area contributed by atoms with Crippen molar-refractivity contribution in [2.24, 2.45) is 0 Å². The highest BCUT2D eigenvalue weighted by atomic mass is 19.4. The van der Waals surface area contributed by atoms with Crippen LogP contribution in [0.15, 0.2) is 264 Å². The van der Waals surface area contributed by atoms with Gasteiger partial charge in [-0.1, -0.05) is 188 Å². The van der Waals surface area contributed by atoms with Crippen molar-refractivity contribution in [3.63, 3.8) is 0 Å². The van der Waals surface area contributed by atoms with Crippen molar-refractivity contribution in [1.82, 2.24) is 0 Å². The van der Waals surface area contributed by atoms with E-state index in [1.807, 2.05) is 48.5 Å². The minimum Gasteiger partial charge on any atom is -0.453 e. The van der Waals surface area contributed by atoms with Crippen molar-refractivity contribution < 1.29 is 22.0 Å². The maximum Gasteiger partial charge on any atom is 0.416 e. The molecule has 0 aliphatic heterocycles. The van der Waals surface area contributed by atoms with Crippen LogP contribution < -0.4 is 9.80 Å². The summed E-state index contributed by atoms with van der Waals surface area (Å²) >= 11 is 0. The second-order valence-electron chi connectivity index (χ2n) is 21.1. The van der Waals surface area contributed by atoms with E-state index < -0.39 is 11.7 Å². The normalized spacial score (nSPS) is 12.2. The molecule has 0 aliphatic carbocycles. The highest BCUT2D eigenvalue weighted by molar-refractivity contribution is 6.30. The molecule has 81 heavy (non-hydrogen) atoms. The quantitative estimate of drug-likeness (QED) is 0.142. The van der Waals surface area contributed by atoms with Gasteiger partial charge in [0.2, 0.25) is 0 Å². The molecule has 4 nitrogen and oxygen atoms in total. The van der Waals surface area contributed by atoms with Crippen LogP contribution >= 0.6 is 0 Å².